The Morgan fingerprint density at radius 1 is 1.45 bits per heavy atom. The van der Waals surface area contributed by atoms with Gasteiger partial charge < -0.3 is 14.7 Å². The largest absolute Gasteiger partial charge is 0.364 e. The van der Waals surface area contributed by atoms with Crippen LogP contribution in [0.2, 0.25) is 0 Å². The molecule has 5 nitrogen and oxygen atoms in total. The SMILES string of the molecule is CN=C(NCCC1CCCCC1)N(C)Cc1ccon1. The van der Waals surface area contributed by atoms with Crippen LogP contribution in [0.4, 0.5) is 0 Å². The van der Waals surface area contributed by atoms with Gasteiger partial charge in [-0.1, -0.05) is 37.3 Å². The molecule has 0 atom stereocenters. The van der Waals surface area contributed by atoms with E-state index in [4.69, 9.17) is 4.52 Å². The molecule has 1 aliphatic carbocycles. The van der Waals surface area contributed by atoms with Crippen molar-refractivity contribution in [3.63, 3.8) is 0 Å². The summed E-state index contributed by atoms with van der Waals surface area (Å²) in [6.45, 7) is 1.71. The van der Waals surface area contributed by atoms with E-state index in [1.165, 1.54) is 38.5 Å². The van der Waals surface area contributed by atoms with Crippen molar-refractivity contribution in [3.05, 3.63) is 18.0 Å². The van der Waals surface area contributed by atoms with Gasteiger partial charge in [0.05, 0.1) is 6.54 Å². The second kappa shape index (κ2) is 7.92. The maximum Gasteiger partial charge on any atom is 0.193 e. The third-order valence-electron chi connectivity index (χ3n) is 4.02. The van der Waals surface area contributed by atoms with Gasteiger partial charge in [-0.3, -0.25) is 4.99 Å². The van der Waals surface area contributed by atoms with Crippen LogP contribution >= 0.6 is 0 Å². The van der Waals surface area contributed by atoms with Gasteiger partial charge in [-0.05, 0) is 12.3 Å². The number of rotatable bonds is 5. The minimum Gasteiger partial charge on any atom is -0.364 e. The molecule has 20 heavy (non-hydrogen) atoms. The van der Waals surface area contributed by atoms with E-state index in [0.29, 0.717) is 6.54 Å². The fourth-order valence-corrected chi connectivity index (χ4v) is 2.89. The minimum absolute atomic E-state index is 0.708. The Labute approximate surface area is 121 Å². The average Bonchev–Trinajstić information content (AvgIpc) is 2.97. The molecule has 0 unspecified atom stereocenters. The first kappa shape index (κ1) is 14.9. The summed E-state index contributed by atoms with van der Waals surface area (Å²) in [6, 6.07) is 1.88. The molecule has 0 aliphatic heterocycles. The predicted octanol–water partition coefficient (Wildman–Crippen LogP) is 2.65. The van der Waals surface area contributed by atoms with Crippen LogP contribution in [0, 0.1) is 5.92 Å². The summed E-state index contributed by atoms with van der Waals surface area (Å²) in [7, 11) is 3.84. The first-order chi connectivity index (χ1) is 9.79. The molecular weight excluding hydrogens is 252 g/mol. The summed E-state index contributed by atoms with van der Waals surface area (Å²) in [5.41, 5.74) is 0.919. The van der Waals surface area contributed by atoms with Gasteiger partial charge in [-0.2, -0.15) is 0 Å². The van der Waals surface area contributed by atoms with Crippen molar-refractivity contribution >= 4 is 5.96 Å². The molecule has 1 saturated carbocycles. The number of hydrogen-bond acceptors (Lipinski definition) is 3. The summed E-state index contributed by atoms with van der Waals surface area (Å²) < 4.78 is 4.85. The lowest BCUT2D eigenvalue weighted by atomic mass is 9.87. The molecule has 5 heteroatoms. The molecule has 1 aliphatic rings. The van der Waals surface area contributed by atoms with Gasteiger partial charge in [-0.25, -0.2) is 0 Å². The third-order valence-corrected chi connectivity index (χ3v) is 4.02. The van der Waals surface area contributed by atoms with Crippen molar-refractivity contribution < 1.29 is 4.52 Å². The van der Waals surface area contributed by atoms with E-state index >= 15 is 0 Å². The Bertz CT molecular complexity index is 396. The number of aromatic nitrogens is 1. The van der Waals surface area contributed by atoms with Crippen molar-refractivity contribution in [2.24, 2.45) is 10.9 Å². The van der Waals surface area contributed by atoms with Crippen LogP contribution in [0.3, 0.4) is 0 Å². The van der Waals surface area contributed by atoms with Crippen molar-refractivity contribution in [3.8, 4) is 0 Å². The molecule has 0 radical (unpaired) electrons. The Morgan fingerprint density at radius 3 is 2.90 bits per heavy atom. The maximum absolute atomic E-state index is 4.85. The lowest BCUT2D eigenvalue weighted by Gasteiger charge is -2.24. The van der Waals surface area contributed by atoms with Crippen LogP contribution in [-0.2, 0) is 6.54 Å². The van der Waals surface area contributed by atoms with E-state index in [0.717, 1.165) is 24.1 Å². The first-order valence-corrected chi connectivity index (χ1v) is 7.60. The highest BCUT2D eigenvalue weighted by Crippen LogP contribution is 2.25. The second-order valence-electron chi connectivity index (χ2n) is 5.61. The van der Waals surface area contributed by atoms with Gasteiger partial charge >= 0.3 is 0 Å². The highest BCUT2D eigenvalue weighted by Gasteiger charge is 2.14. The number of nitrogens with one attached hydrogen (secondary N) is 1. The number of nitrogens with zero attached hydrogens (tertiary/aromatic N) is 3. The highest BCUT2D eigenvalue weighted by molar-refractivity contribution is 5.79. The Morgan fingerprint density at radius 2 is 2.25 bits per heavy atom. The van der Waals surface area contributed by atoms with Crippen LogP contribution in [0.25, 0.3) is 0 Å². The zero-order valence-electron chi connectivity index (χ0n) is 12.6. The Kier molecular flexibility index (Phi) is 5.89. The number of aliphatic imine (C=N–C) groups is 1. The first-order valence-electron chi connectivity index (χ1n) is 7.60. The van der Waals surface area contributed by atoms with Gasteiger partial charge in [0.1, 0.15) is 12.0 Å². The van der Waals surface area contributed by atoms with E-state index in [2.05, 4.69) is 20.4 Å². The molecule has 1 heterocycles. The molecule has 0 aromatic carbocycles. The summed E-state index contributed by atoms with van der Waals surface area (Å²) in [4.78, 5) is 6.39. The molecule has 0 bridgehead atoms. The molecule has 1 fully saturated rings. The van der Waals surface area contributed by atoms with Gasteiger partial charge in [-0.15, -0.1) is 0 Å². The van der Waals surface area contributed by atoms with Crippen molar-refractivity contribution in [2.75, 3.05) is 20.6 Å². The van der Waals surface area contributed by atoms with Gasteiger partial charge in [0.25, 0.3) is 0 Å². The van der Waals surface area contributed by atoms with Crippen molar-refractivity contribution in [2.45, 2.75) is 45.1 Å². The number of hydrogen-bond donors (Lipinski definition) is 1. The van der Waals surface area contributed by atoms with Crippen LogP contribution in [-0.4, -0.2) is 36.7 Å². The zero-order chi connectivity index (χ0) is 14.2. The van der Waals surface area contributed by atoms with Gasteiger partial charge in [0.15, 0.2) is 5.96 Å². The third kappa shape index (κ3) is 4.54. The predicted molar refractivity (Wildman–Crippen MR) is 80.5 cm³/mol. The Balaban J connectivity index is 1.71. The topological polar surface area (TPSA) is 53.7 Å². The maximum atomic E-state index is 4.85. The Hall–Kier alpha value is -1.52. The molecule has 0 spiro atoms. The van der Waals surface area contributed by atoms with E-state index < -0.39 is 0 Å². The van der Waals surface area contributed by atoms with Crippen LogP contribution in [0.1, 0.15) is 44.2 Å². The molecule has 1 N–H and O–H groups in total. The number of guanidine groups is 1. The molecule has 1 aromatic rings. The quantitative estimate of drug-likeness (QED) is 0.664. The molecule has 2 rings (SSSR count). The van der Waals surface area contributed by atoms with Gasteiger partial charge in [0.2, 0.25) is 0 Å². The zero-order valence-corrected chi connectivity index (χ0v) is 12.6. The van der Waals surface area contributed by atoms with E-state index in [1.807, 2.05) is 20.2 Å². The molecule has 0 saturated heterocycles. The summed E-state index contributed by atoms with van der Waals surface area (Å²) >= 11 is 0. The van der Waals surface area contributed by atoms with Crippen molar-refractivity contribution in [1.29, 1.82) is 0 Å². The highest BCUT2D eigenvalue weighted by atomic mass is 16.5. The molecular formula is C15H26N4O. The monoisotopic (exact) mass is 278 g/mol. The summed E-state index contributed by atoms with van der Waals surface area (Å²) in [5, 5.41) is 7.37. The molecule has 112 valence electrons. The fraction of sp³-hybridized carbons (Fsp3) is 0.733. The lowest BCUT2D eigenvalue weighted by molar-refractivity contribution is 0.336. The van der Waals surface area contributed by atoms with Crippen LogP contribution < -0.4 is 5.32 Å². The molecule has 1 aromatic heterocycles. The van der Waals surface area contributed by atoms with E-state index in [-0.39, 0.29) is 0 Å². The second-order valence-corrected chi connectivity index (χ2v) is 5.61. The normalized spacial score (nSPS) is 17.2. The smallest absolute Gasteiger partial charge is 0.193 e. The van der Waals surface area contributed by atoms with Crippen LogP contribution in [0.15, 0.2) is 21.8 Å². The standard InChI is InChI=1S/C15H26N4O/c1-16-15(19(2)12-14-9-11-20-18-14)17-10-8-13-6-4-3-5-7-13/h9,11,13H,3-8,10,12H2,1-2H3,(H,16,17). The van der Waals surface area contributed by atoms with Crippen LogP contribution in [0.5, 0.6) is 0 Å². The fourth-order valence-electron chi connectivity index (χ4n) is 2.89. The summed E-state index contributed by atoms with van der Waals surface area (Å²) in [5.74, 6) is 1.82. The average molecular weight is 278 g/mol. The van der Waals surface area contributed by atoms with Gasteiger partial charge in [0, 0.05) is 26.7 Å². The summed E-state index contributed by atoms with van der Waals surface area (Å²) in [6.07, 6.45) is 9.88. The van der Waals surface area contributed by atoms with Crippen molar-refractivity contribution in [1.82, 2.24) is 15.4 Å². The molecule has 0 amide bonds. The van der Waals surface area contributed by atoms with E-state index in [9.17, 15) is 0 Å². The lowest BCUT2D eigenvalue weighted by Crippen LogP contribution is -2.39. The minimum atomic E-state index is 0.708. The van der Waals surface area contributed by atoms with E-state index in [1.54, 1.807) is 6.26 Å².